The number of unbranched alkanes of at least 4 members (excludes halogenated alkanes) is 31. The zero-order chi connectivity index (χ0) is 60.8. The molecule has 19 heteroatoms. The van der Waals surface area contributed by atoms with Gasteiger partial charge in [-0.05, 0) is 37.5 Å². The Labute approximate surface area is 498 Å². The van der Waals surface area contributed by atoms with Crippen molar-refractivity contribution in [3.05, 3.63) is 0 Å². The van der Waals surface area contributed by atoms with Crippen molar-refractivity contribution >= 4 is 39.5 Å². The van der Waals surface area contributed by atoms with Gasteiger partial charge in [-0.25, -0.2) is 9.13 Å². The smallest absolute Gasteiger partial charge is 0.462 e. The molecule has 0 aromatic carbocycles. The highest BCUT2D eigenvalue weighted by molar-refractivity contribution is 7.47. The number of rotatable bonds is 62. The minimum Gasteiger partial charge on any atom is -0.462 e. The lowest BCUT2D eigenvalue weighted by molar-refractivity contribution is -0.161. The summed E-state index contributed by atoms with van der Waals surface area (Å²) in [6.45, 7) is 9.40. The first-order valence-corrected chi connectivity index (χ1v) is 36.0. The summed E-state index contributed by atoms with van der Waals surface area (Å²) in [5, 5.41) is 10.5. The fourth-order valence-electron chi connectivity index (χ4n) is 9.32. The minimum atomic E-state index is -4.94. The van der Waals surface area contributed by atoms with Gasteiger partial charge in [-0.2, -0.15) is 0 Å². The number of phosphoric ester groups is 2. The van der Waals surface area contributed by atoms with Crippen LogP contribution in [0.4, 0.5) is 0 Å². The third-order valence-electron chi connectivity index (χ3n) is 14.8. The van der Waals surface area contributed by atoms with Crippen LogP contribution in [0.5, 0.6) is 0 Å². The summed E-state index contributed by atoms with van der Waals surface area (Å²) in [5.74, 6) is -0.583. The molecule has 0 aliphatic rings. The van der Waals surface area contributed by atoms with E-state index in [4.69, 9.17) is 37.0 Å². The highest BCUT2D eigenvalue weighted by Crippen LogP contribution is 2.45. The predicted molar refractivity (Wildman–Crippen MR) is 326 cm³/mol. The number of carbonyl (C=O) groups is 4. The first-order valence-electron chi connectivity index (χ1n) is 33.0. The molecule has 0 aliphatic carbocycles. The summed E-state index contributed by atoms with van der Waals surface area (Å²) in [5.41, 5.74) is 0. The van der Waals surface area contributed by atoms with Crippen molar-refractivity contribution in [1.82, 2.24) is 0 Å². The summed E-state index contributed by atoms with van der Waals surface area (Å²) in [7, 11) is -9.87. The molecule has 0 bridgehead atoms. The van der Waals surface area contributed by atoms with E-state index >= 15 is 0 Å². The average molecular weight is 1210 g/mol. The van der Waals surface area contributed by atoms with E-state index in [0.717, 1.165) is 108 Å². The van der Waals surface area contributed by atoms with Crippen LogP contribution in [-0.2, 0) is 65.4 Å². The Hall–Kier alpha value is -1.94. The van der Waals surface area contributed by atoms with Crippen molar-refractivity contribution in [2.45, 2.75) is 330 Å². The van der Waals surface area contributed by atoms with Gasteiger partial charge in [0.2, 0.25) is 0 Å². The zero-order valence-corrected chi connectivity index (χ0v) is 54.6. The van der Waals surface area contributed by atoms with Crippen molar-refractivity contribution in [1.29, 1.82) is 0 Å². The van der Waals surface area contributed by atoms with Crippen LogP contribution in [0.3, 0.4) is 0 Å². The molecule has 486 valence electrons. The van der Waals surface area contributed by atoms with Crippen molar-refractivity contribution < 1.29 is 80.2 Å². The molecule has 3 N–H and O–H groups in total. The number of hydrogen-bond donors (Lipinski definition) is 3. The number of ether oxygens (including phenoxy) is 4. The van der Waals surface area contributed by atoms with Crippen LogP contribution in [0.25, 0.3) is 0 Å². The summed E-state index contributed by atoms with van der Waals surface area (Å²) in [6, 6.07) is 0. The van der Waals surface area contributed by atoms with E-state index in [9.17, 15) is 43.2 Å². The van der Waals surface area contributed by atoms with Gasteiger partial charge < -0.3 is 33.8 Å². The molecule has 0 heterocycles. The van der Waals surface area contributed by atoms with Crippen LogP contribution in [0.15, 0.2) is 0 Å². The van der Waals surface area contributed by atoms with E-state index in [2.05, 4.69) is 41.5 Å². The average Bonchev–Trinajstić information content (AvgIpc) is 3.45. The molecule has 82 heavy (non-hydrogen) atoms. The van der Waals surface area contributed by atoms with Gasteiger partial charge in [0.25, 0.3) is 0 Å². The summed E-state index contributed by atoms with van der Waals surface area (Å²) in [6.07, 6.45) is 37.9. The molecule has 0 fully saturated rings. The summed E-state index contributed by atoms with van der Waals surface area (Å²) in [4.78, 5) is 71.9. The predicted octanol–water partition coefficient (Wildman–Crippen LogP) is 17.3. The molecule has 0 aromatic heterocycles. The largest absolute Gasteiger partial charge is 0.472 e. The molecular formula is C63H122O17P2. The quantitative estimate of drug-likeness (QED) is 0.0222. The Morgan fingerprint density at radius 2 is 0.622 bits per heavy atom. The van der Waals surface area contributed by atoms with E-state index < -0.39 is 97.5 Å². The molecule has 17 nitrogen and oxygen atoms in total. The van der Waals surface area contributed by atoms with Gasteiger partial charge >= 0.3 is 39.5 Å². The molecule has 6 atom stereocenters. The lowest BCUT2D eigenvalue weighted by Crippen LogP contribution is -2.30. The molecule has 0 rings (SSSR count). The standard InChI is InChI=1S/C63H122O17P2/c1-7-10-12-14-15-21-29-35-41-47-62(67)79-58(51-73-60(65)45-39-31-13-11-8-2)53-77-81(69,70)75-49-57(64)50-76-82(71,72)78-54-59(52-74-61(66)46-40-34-28-25-24-27-33-38-44-56(6)9-3)80-63(68)48-42-36-30-23-20-18-16-17-19-22-26-32-37-43-55(4)5/h55-59,64H,7-54H2,1-6H3,(H,69,70)(H,71,72)/t56?,57-,58+,59+/m0/s1. The topological polar surface area (TPSA) is 237 Å². The number of aliphatic hydroxyl groups is 1. The lowest BCUT2D eigenvalue weighted by Gasteiger charge is -2.21. The van der Waals surface area contributed by atoms with E-state index in [-0.39, 0.29) is 25.7 Å². The molecule has 0 spiro atoms. The maximum Gasteiger partial charge on any atom is 0.472 e. The van der Waals surface area contributed by atoms with Gasteiger partial charge in [0.15, 0.2) is 12.2 Å². The second kappa shape index (κ2) is 55.6. The molecule has 0 saturated carbocycles. The number of carbonyl (C=O) groups excluding carboxylic acids is 4. The van der Waals surface area contributed by atoms with E-state index in [0.29, 0.717) is 25.7 Å². The third-order valence-corrected chi connectivity index (χ3v) is 16.7. The van der Waals surface area contributed by atoms with E-state index in [1.54, 1.807) is 0 Å². The highest BCUT2D eigenvalue weighted by atomic mass is 31.2. The molecule has 0 aromatic rings. The summed E-state index contributed by atoms with van der Waals surface area (Å²) >= 11 is 0. The van der Waals surface area contributed by atoms with Gasteiger partial charge in [-0.1, -0.05) is 260 Å². The minimum absolute atomic E-state index is 0.105. The molecule has 0 radical (unpaired) electrons. The van der Waals surface area contributed by atoms with Gasteiger partial charge in [0, 0.05) is 25.7 Å². The molecule has 3 unspecified atom stereocenters. The van der Waals surface area contributed by atoms with Crippen LogP contribution in [0.2, 0.25) is 0 Å². The van der Waals surface area contributed by atoms with Gasteiger partial charge in [-0.3, -0.25) is 37.3 Å². The van der Waals surface area contributed by atoms with Crippen LogP contribution in [0, 0.1) is 11.8 Å². The number of aliphatic hydroxyl groups excluding tert-OH is 1. The molecular weight excluding hydrogens is 1090 g/mol. The van der Waals surface area contributed by atoms with Gasteiger partial charge in [-0.15, -0.1) is 0 Å². The van der Waals surface area contributed by atoms with Crippen molar-refractivity contribution in [2.24, 2.45) is 11.8 Å². The first-order chi connectivity index (χ1) is 39.4. The van der Waals surface area contributed by atoms with Crippen molar-refractivity contribution in [2.75, 3.05) is 39.6 Å². The normalized spacial score (nSPS) is 14.7. The SMILES string of the molecule is CCCCCCCCCCCC(=O)O[C@H](COC(=O)CCCCCCC)COP(=O)(O)OC[C@H](O)COP(=O)(O)OC[C@@H](COC(=O)CCCCCCCCCCC(C)CC)OC(=O)CCCCCCCCCCCCCCCC(C)C. The Morgan fingerprint density at radius 1 is 0.354 bits per heavy atom. The van der Waals surface area contributed by atoms with Crippen molar-refractivity contribution in [3.8, 4) is 0 Å². The molecule has 0 amide bonds. The maximum atomic E-state index is 13.0. The fraction of sp³-hybridized carbons (Fsp3) is 0.937. The second-order valence-electron chi connectivity index (χ2n) is 23.5. The number of hydrogen-bond acceptors (Lipinski definition) is 15. The monoisotopic (exact) mass is 1210 g/mol. The van der Waals surface area contributed by atoms with Gasteiger partial charge in [0.1, 0.15) is 19.3 Å². The third kappa shape index (κ3) is 55.9. The Kier molecular flexibility index (Phi) is 54.3. The van der Waals surface area contributed by atoms with Crippen molar-refractivity contribution in [3.63, 3.8) is 0 Å². The first kappa shape index (κ1) is 80.1. The molecule has 0 aliphatic heterocycles. The second-order valence-corrected chi connectivity index (χ2v) is 26.4. The van der Waals surface area contributed by atoms with Gasteiger partial charge in [0.05, 0.1) is 26.4 Å². The van der Waals surface area contributed by atoms with Crippen LogP contribution >= 0.6 is 15.6 Å². The highest BCUT2D eigenvalue weighted by Gasteiger charge is 2.30. The van der Waals surface area contributed by atoms with Crippen LogP contribution in [-0.4, -0.2) is 96.7 Å². The van der Waals surface area contributed by atoms with Crippen LogP contribution in [0.1, 0.15) is 311 Å². The summed E-state index contributed by atoms with van der Waals surface area (Å²) < 4.78 is 67.7. The Morgan fingerprint density at radius 3 is 0.927 bits per heavy atom. The maximum absolute atomic E-state index is 13.0. The fourth-order valence-corrected chi connectivity index (χ4v) is 10.9. The zero-order valence-electron chi connectivity index (χ0n) is 52.8. The van der Waals surface area contributed by atoms with E-state index in [1.165, 1.54) is 122 Å². The number of phosphoric acid groups is 2. The van der Waals surface area contributed by atoms with E-state index in [1.807, 2.05) is 0 Å². The molecule has 0 saturated heterocycles. The lowest BCUT2D eigenvalue weighted by atomic mass is 9.99. The number of esters is 4. The Bertz CT molecular complexity index is 1620. The van der Waals surface area contributed by atoms with Crippen LogP contribution < -0.4 is 0 Å². The Balaban J connectivity index is 5.17.